The molecule has 0 saturated carbocycles. The minimum Gasteiger partial charge on any atom is -0.679 e. The molecule has 8 heavy (non-hydrogen) atoms. The van der Waals surface area contributed by atoms with Crippen LogP contribution >= 0.6 is 0 Å². The molecule has 0 aliphatic heterocycles. The van der Waals surface area contributed by atoms with Crippen LogP contribution in [0.1, 0.15) is 0 Å². The molecule has 0 atom stereocenters. The molecule has 0 aliphatic carbocycles. The van der Waals surface area contributed by atoms with Crippen LogP contribution in [0, 0.1) is 0 Å². The van der Waals surface area contributed by atoms with Crippen molar-refractivity contribution in [2.45, 2.75) is 0 Å². The van der Waals surface area contributed by atoms with Crippen molar-refractivity contribution in [2.75, 3.05) is 13.1 Å². The van der Waals surface area contributed by atoms with Gasteiger partial charge >= 0.3 is 206 Å². The van der Waals surface area contributed by atoms with Gasteiger partial charge in [0.2, 0.25) is 0 Å². The third-order valence-electron chi connectivity index (χ3n) is 0.125. The second-order valence-corrected chi connectivity index (χ2v) is 0.500. The average molecular weight is 214 g/mol. The van der Waals surface area contributed by atoms with E-state index in [0.717, 1.165) is 0 Å². The summed E-state index contributed by atoms with van der Waals surface area (Å²) in [5.74, 6) is 0. The fourth-order valence-corrected chi connectivity index (χ4v) is 0. The third kappa shape index (κ3) is 29.4. The van der Waals surface area contributed by atoms with Crippen LogP contribution in [0.15, 0.2) is 0 Å². The van der Waals surface area contributed by atoms with E-state index in [1.165, 1.54) is 0 Å². The van der Waals surface area contributed by atoms with Gasteiger partial charge in [-0.2, -0.15) is 13.1 Å². The number of nitrogens with one attached hydrogen (secondary N) is 2. The first kappa shape index (κ1) is 29.3. The van der Waals surface area contributed by atoms with Crippen molar-refractivity contribution in [3.8, 4) is 0 Å². The predicted octanol–water partition coefficient (Wildman–Crippen LogP) is -10.9. The summed E-state index contributed by atoms with van der Waals surface area (Å²) in [4.78, 5) is 0. The Morgan fingerprint density at radius 3 is 0.750 bits per heavy atom. The molecule has 0 saturated heterocycles. The molecule has 0 unspecified atom stereocenters. The number of hydrogen-bond acceptors (Lipinski definition) is 0. The molecule has 0 spiro atoms. The molecule has 0 amide bonds. The van der Waals surface area contributed by atoms with E-state index in [0.29, 0.717) is 0 Å². The zero-order valence-corrected chi connectivity index (χ0v) is 18.9. The Morgan fingerprint density at radius 1 is 0.625 bits per heavy atom. The quantitative estimate of drug-likeness (QED) is 0.389. The summed E-state index contributed by atoms with van der Waals surface area (Å²) in [6.07, 6.45) is 0. The maximum Gasteiger partial charge on any atom is 1.00 e. The zero-order chi connectivity index (χ0) is 3.41. The second-order valence-electron chi connectivity index (χ2n) is 0.500. The fraction of sp³-hybridized carbons (Fsp3) is 1.00. The molecule has 0 bridgehead atoms. The van der Waals surface area contributed by atoms with Gasteiger partial charge in [0.25, 0.3) is 0 Å². The van der Waals surface area contributed by atoms with E-state index in [4.69, 9.17) is 11.5 Å². The fourth-order valence-electron chi connectivity index (χ4n) is 0. The Morgan fingerprint density at radius 2 is 0.750 bits per heavy atom. The summed E-state index contributed by atoms with van der Waals surface area (Å²) in [5.41, 5.74) is 12.5. The molecule has 26 valence electrons. The van der Waals surface area contributed by atoms with Crippen molar-refractivity contribution in [1.82, 2.24) is 0 Å². The van der Waals surface area contributed by atoms with Crippen molar-refractivity contribution < 1.29 is 206 Å². The standard InChI is InChI=1S/C2H6N2.4K/c3-1-2-4;;;;/h3-4H,1-2H2;;;;/q-2;4*+1. The molecule has 0 aliphatic rings. The largest absolute Gasteiger partial charge is 1.00 e. The van der Waals surface area contributed by atoms with Crippen LogP contribution in [0.25, 0.3) is 11.5 Å². The van der Waals surface area contributed by atoms with Crippen molar-refractivity contribution in [1.29, 1.82) is 0 Å². The van der Waals surface area contributed by atoms with Crippen LogP contribution in [0.2, 0.25) is 0 Å². The second kappa shape index (κ2) is 29.2. The molecule has 0 fully saturated rings. The van der Waals surface area contributed by atoms with E-state index >= 15 is 0 Å². The van der Waals surface area contributed by atoms with Crippen molar-refractivity contribution in [2.24, 2.45) is 0 Å². The average Bonchev–Trinajstić information content (AvgIpc) is 1.37. The van der Waals surface area contributed by atoms with Crippen LogP contribution in [0.5, 0.6) is 0 Å². The minimum atomic E-state index is 0. The summed E-state index contributed by atoms with van der Waals surface area (Å²) in [6.45, 7) is 0.472. The first-order valence-electron chi connectivity index (χ1n) is 1.21. The summed E-state index contributed by atoms with van der Waals surface area (Å²) < 4.78 is 0. The molecule has 0 heterocycles. The minimum absolute atomic E-state index is 0. The van der Waals surface area contributed by atoms with Crippen LogP contribution in [0.3, 0.4) is 0 Å². The molecular formula is C2H6K4N2+2. The first-order chi connectivity index (χ1) is 1.91. The van der Waals surface area contributed by atoms with E-state index in [-0.39, 0.29) is 219 Å². The van der Waals surface area contributed by atoms with Crippen LogP contribution < -0.4 is 206 Å². The Kier molecular flexibility index (Phi) is 107. The van der Waals surface area contributed by atoms with E-state index < -0.39 is 0 Å². The monoisotopic (exact) mass is 214 g/mol. The summed E-state index contributed by atoms with van der Waals surface area (Å²) >= 11 is 0. The van der Waals surface area contributed by atoms with Gasteiger partial charge in [-0.3, -0.25) is 0 Å². The molecule has 0 rings (SSSR count). The van der Waals surface area contributed by atoms with Crippen LogP contribution in [-0.2, 0) is 0 Å². The molecule has 0 radical (unpaired) electrons. The number of hydrogen-bond donors (Lipinski definition) is 0. The van der Waals surface area contributed by atoms with E-state index in [1.54, 1.807) is 0 Å². The summed E-state index contributed by atoms with van der Waals surface area (Å²) in [6, 6.07) is 0. The first-order valence-corrected chi connectivity index (χ1v) is 1.21. The maximum absolute atomic E-state index is 6.26. The molecule has 2 nitrogen and oxygen atoms in total. The van der Waals surface area contributed by atoms with Crippen molar-refractivity contribution >= 4 is 0 Å². The van der Waals surface area contributed by atoms with E-state index in [1.807, 2.05) is 0 Å². The van der Waals surface area contributed by atoms with Gasteiger partial charge in [-0.05, 0) is 0 Å². The van der Waals surface area contributed by atoms with E-state index in [2.05, 4.69) is 0 Å². The SMILES string of the molecule is [K+].[K+].[K+].[K+].[NH-]CC[NH-]. The van der Waals surface area contributed by atoms with Crippen LogP contribution in [0.4, 0.5) is 0 Å². The van der Waals surface area contributed by atoms with E-state index in [9.17, 15) is 0 Å². The Balaban J connectivity index is -0.00000000750. The predicted molar refractivity (Wildman–Crippen MR) is 18.4 cm³/mol. The van der Waals surface area contributed by atoms with Gasteiger partial charge in [-0.1, -0.05) is 0 Å². The Labute approximate surface area is 221 Å². The smallest absolute Gasteiger partial charge is 0.679 e. The van der Waals surface area contributed by atoms with Crippen molar-refractivity contribution in [3.63, 3.8) is 0 Å². The van der Waals surface area contributed by atoms with Gasteiger partial charge in [-0.25, -0.2) is 0 Å². The van der Waals surface area contributed by atoms with Gasteiger partial charge in [-0.15, -0.1) is 0 Å². The molecule has 0 aromatic heterocycles. The topological polar surface area (TPSA) is 47.6 Å². The van der Waals surface area contributed by atoms with Crippen LogP contribution in [-0.4, -0.2) is 13.1 Å². The van der Waals surface area contributed by atoms with Crippen molar-refractivity contribution in [3.05, 3.63) is 11.5 Å². The molecule has 6 heteroatoms. The zero-order valence-electron chi connectivity index (χ0n) is 6.41. The third-order valence-corrected chi connectivity index (χ3v) is 0.125. The van der Waals surface area contributed by atoms with Gasteiger partial charge in [0.05, 0.1) is 0 Å². The molecule has 0 aromatic carbocycles. The maximum atomic E-state index is 6.26. The molecular weight excluding hydrogens is 208 g/mol. The Hall–Kier alpha value is 6.47. The molecule has 0 aromatic rings. The van der Waals surface area contributed by atoms with Gasteiger partial charge in [0, 0.05) is 0 Å². The number of rotatable bonds is 1. The Bertz CT molecular complexity index is 14.0. The molecule has 2 N–H and O–H groups in total. The van der Waals surface area contributed by atoms with Gasteiger partial charge in [0.15, 0.2) is 0 Å². The normalized spacial score (nSPS) is 3.75. The summed E-state index contributed by atoms with van der Waals surface area (Å²) in [5, 5.41) is 0. The van der Waals surface area contributed by atoms with Gasteiger partial charge in [0.1, 0.15) is 0 Å². The van der Waals surface area contributed by atoms with Gasteiger partial charge < -0.3 is 11.5 Å². The summed E-state index contributed by atoms with van der Waals surface area (Å²) in [7, 11) is 0.